The number of carbonyl (C=O) groups is 1. The third-order valence-corrected chi connectivity index (χ3v) is 5.14. The zero-order chi connectivity index (χ0) is 18.9. The minimum absolute atomic E-state index is 0.150. The monoisotopic (exact) mass is 362 g/mol. The van der Waals surface area contributed by atoms with E-state index in [1.807, 2.05) is 37.4 Å². The van der Waals surface area contributed by atoms with Crippen molar-refractivity contribution in [3.8, 4) is 0 Å². The van der Waals surface area contributed by atoms with Crippen molar-refractivity contribution in [1.29, 1.82) is 0 Å². The molecule has 0 radical (unpaired) electrons. The van der Waals surface area contributed by atoms with Gasteiger partial charge in [-0.25, -0.2) is 0 Å². The maximum absolute atomic E-state index is 13.3. The average Bonchev–Trinajstić information content (AvgIpc) is 2.61. The Labute approximate surface area is 150 Å². The van der Waals surface area contributed by atoms with E-state index in [0.717, 1.165) is 30.7 Å². The molecule has 0 spiro atoms. The summed E-state index contributed by atoms with van der Waals surface area (Å²) < 4.78 is 40.0. The molecule has 2 N–H and O–H groups in total. The molecule has 1 aliphatic rings. The third kappa shape index (κ3) is 3.33. The molecule has 26 heavy (non-hydrogen) atoms. The Morgan fingerprint density at radius 2 is 1.85 bits per heavy atom. The van der Waals surface area contributed by atoms with Crippen molar-refractivity contribution < 1.29 is 18.0 Å². The van der Waals surface area contributed by atoms with Crippen LogP contribution in [-0.4, -0.2) is 30.9 Å². The first kappa shape index (κ1) is 18.5. The summed E-state index contributed by atoms with van der Waals surface area (Å²) in [4.78, 5) is 14.1. The van der Waals surface area contributed by atoms with Gasteiger partial charge in [-0.1, -0.05) is 30.3 Å². The van der Waals surface area contributed by atoms with E-state index in [1.54, 1.807) is 0 Å². The summed E-state index contributed by atoms with van der Waals surface area (Å²) in [6.45, 7) is 1.39. The molecule has 3 nitrogen and oxygen atoms in total. The third-order valence-electron chi connectivity index (χ3n) is 5.14. The van der Waals surface area contributed by atoms with Crippen molar-refractivity contribution in [2.24, 2.45) is 5.73 Å². The molecule has 0 aromatic heterocycles. The van der Waals surface area contributed by atoms with Crippen molar-refractivity contribution >= 4 is 5.91 Å². The molecule has 0 aliphatic carbocycles. The maximum Gasteiger partial charge on any atom is 0.416 e. The Hall–Kier alpha value is -2.34. The van der Waals surface area contributed by atoms with Gasteiger partial charge in [-0.2, -0.15) is 13.2 Å². The largest absolute Gasteiger partial charge is 0.416 e. The lowest BCUT2D eigenvalue weighted by Crippen LogP contribution is -2.46. The number of likely N-dealkylation sites (N-methyl/N-ethyl adjacent to an activating group) is 1. The van der Waals surface area contributed by atoms with Crippen LogP contribution in [0.25, 0.3) is 0 Å². The van der Waals surface area contributed by atoms with Gasteiger partial charge in [0, 0.05) is 17.5 Å². The van der Waals surface area contributed by atoms with Gasteiger partial charge in [0.2, 0.25) is 5.91 Å². The lowest BCUT2D eigenvalue weighted by atomic mass is 9.67. The van der Waals surface area contributed by atoms with Crippen molar-refractivity contribution in [2.45, 2.75) is 24.4 Å². The number of halogens is 3. The highest BCUT2D eigenvalue weighted by molar-refractivity contribution is 5.95. The van der Waals surface area contributed by atoms with E-state index < -0.39 is 23.1 Å². The summed E-state index contributed by atoms with van der Waals surface area (Å²) in [5.41, 5.74) is 5.45. The summed E-state index contributed by atoms with van der Waals surface area (Å²) in [6, 6.07) is 12.6. The molecule has 1 aliphatic heterocycles. The van der Waals surface area contributed by atoms with Gasteiger partial charge in [-0.05, 0) is 55.8 Å². The number of benzene rings is 2. The van der Waals surface area contributed by atoms with Crippen LogP contribution in [0.15, 0.2) is 48.5 Å². The molecule has 2 aromatic carbocycles. The quantitative estimate of drug-likeness (QED) is 0.902. The predicted octanol–water partition coefficient (Wildman–Crippen LogP) is 3.82. The smallest absolute Gasteiger partial charge is 0.366 e. The van der Waals surface area contributed by atoms with Crippen LogP contribution in [0.3, 0.4) is 0 Å². The Bertz CT molecular complexity index is 804. The highest BCUT2D eigenvalue weighted by Gasteiger charge is 2.42. The molecule has 1 saturated heterocycles. The van der Waals surface area contributed by atoms with Gasteiger partial charge in [-0.3, -0.25) is 4.79 Å². The number of hydrogen-bond acceptors (Lipinski definition) is 2. The summed E-state index contributed by atoms with van der Waals surface area (Å²) in [5, 5.41) is 0. The molecule has 0 bridgehead atoms. The number of alkyl halides is 3. The molecule has 1 heterocycles. The molecule has 6 heteroatoms. The summed E-state index contributed by atoms with van der Waals surface area (Å²) in [5.74, 6) is -0.711. The van der Waals surface area contributed by atoms with Gasteiger partial charge >= 0.3 is 6.18 Å². The second-order valence-electron chi connectivity index (χ2n) is 6.91. The molecule has 3 rings (SSSR count). The second kappa shape index (κ2) is 6.76. The number of nitrogens with zero attached hydrogens (tertiary/aromatic N) is 1. The summed E-state index contributed by atoms with van der Waals surface area (Å²) in [6.07, 6.45) is -3.01. The normalized spacial score (nSPS) is 21.5. The fourth-order valence-corrected chi connectivity index (χ4v) is 3.97. The number of amides is 1. The first-order chi connectivity index (χ1) is 12.2. The molecule has 0 saturated carbocycles. The van der Waals surface area contributed by atoms with Crippen molar-refractivity contribution in [1.82, 2.24) is 4.90 Å². The number of primary amides is 1. The highest BCUT2D eigenvalue weighted by Crippen LogP contribution is 2.43. The first-order valence-corrected chi connectivity index (χ1v) is 8.50. The maximum atomic E-state index is 13.3. The fourth-order valence-electron chi connectivity index (χ4n) is 3.97. The number of hydrogen-bond donors (Lipinski definition) is 1. The number of nitrogens with two attached hydrogens (primary N) is 1. The molecule has 1 atom stereocenters. The minimum Gasteiger partial charge on any atom is -0.366 e. The van der Waals surface area contributed by atoms with Crippen LogP contribution in [0.5, 0.6) is 0 Å². The van der Waals surface area contributed by atoms with Crippen molar-refractivity contribution in [3.63, 3.8) is 0 Å². The first-order valence-electron chi connectivity index (χ1n) is 8.50. The lowest BCUT2D eigenvalue weighted by molar-refractivity contribution is -0.137. The van der Waals surface area contributed by atoms with E-state index in [-0.39, 0.29) is 5.56 Å². The van der Waals surface area contributed by atoms with E-state index in [2.05, 4.69) is 4.90 Å². The SMILES string of the molecule is CN1CCCC(c2ccccc2)(c2cc(C(F)(F)F)ccc2C(N)=O)C1. The molecule has 138 valence electrons. The number of piperidine rings is 1. The van der Waals surface area contributed by atoms with Crippen LogP contribution in [0.4, 0.5) is 13.2 Å². The Kier molecular flexibility index (Phi) is 4.80. The van der Waals surface area contributed by atoms with E-state index in [9.17, 15) is 18.0 Å². The van der Waals surface area contributed by atoms with Gasteiger partial charge < -0.3 is 10.6 Å². The Morgan fingerprint density at radius 1 is 1.15 bits per heavy atom. The van der Waals surface area contributed by atoms with Gasteiger partial charge in [0.1, 0.15) is 0 Å². The van der Waals surface area contributed by atoms with Crippen LogP contribution in [0, 0.1) is 0 Å². The van der Waals surface area contributed by atoms with Crippen LogP contribution >= 0.6 is 0 Å². The second-order valence-corrected chi connectivity index (χ2v) is 6.91. The van der Waals surface area contributed by atoms with E-state index >= 15 is 0 Å². The summed E-state index contributed by atoms with van der Waals surface area (Å²) in [7, 11) is 1.94. The zero-order valence-electron chi connectivity index (χ0n) is 14.5. The Morgan fingerprint density at radius 3 is 2.42 bits per heavy atom. The predicted molar refractivity (Wildman–Crippen MR) is 93.9 cm³/mol. The topological polar surface area (TPSA) is 46.3 Å². The van der Waals surface area contributed by atoms with Crippen molar-refractivity contribution in [2.75, 3.05) is 20.1 Å². The van der Waals surface area contributed by atoms with Gasteiger partial charge in [0.25, 0.3) is 0 Å². The molecule has 1 amide bonds. The van der Waals surface area contributed by atoms with E-state index in [0.29, 0.717) is 18.5 Å². The Balaban J connectivity index is 2.28. The van der Waals surface area contributed by atoms with Crippen LogP contribution in [0.2, 0.25) is 0 Å². The van der Waals surface area contributed by atoms with Crippen LogP contribution in [-0.2, 0) is 11.6 Å². The molecule has 1 unspecified atom stereocenters. The molecular weight excluding hydrogens is 341 g/mol. The van der Waals surface area contributed by atoms with Crippen LogP contribution < -0.4 is 5.73 Å². The number of likely N-dealkylation sites (tertiary alicyclic amines) is 1. The number of carbonyl (C=O) groups excluding carboxylic acids is 1. The lowest BCUT2D eigenvalue weighted by Gasteiger charge is -2.43. The van der Waals surface area contributed by atoms with Gasteiger partial charge in [0.05, 0.1) is 5.56 Å². The van der Waals surface area contributed by atoms with E-state index in [4.69, 9.17) is 5.73 Å². The standard InChI is InChI=1S/C20H21F3N2O/c1-25-11-5-10-19(13-25,14-6-3-2-4-7-14)17-12-15(20(21,22)23)8-9-16(17)18(24)26/h2-4,6-9,12H,5,10-11,13H2,1H3,(H2,24,26). The van der Waals surface area contributed by atoms with Gasteiger partial charge in [-0.15, -0.1) is 0 Å². The number of rotatable bonds is 3. The average molecular weight is 362 g/mol. The minimum atomic E-state index is -4.48. The molecule has 2 aromatic rings. The van der Waals surface area contributed by atoms with Crippen LogP contribution in [0.1, 0.15) is 39.9 Å². The van der Waals surface area contributed by atoms with Crippen molar-refractivity contribution in [3.05, 3.63) is 70.8 Å². The molecule has 1 fully saturated rings. The van der Waals surface area contributed by atoms with Gasteiger partial charge in [0.15, 0.2) is 0 Å². The highest BCUT2D eigenvalue weighted by atomic mass is 19.4. The zero-order valence-corrected chi connectivity index (χ0v) is 14.5. The fraction of sp³-hybridized carbons (Fsp3) is 0.350. The summed E-state index contributed by atoms with van der Waals surface area (Å²) >= 11 is 0. The van der Waals surface area contributed by atoms with E-state index in [1.165, 1.54) is 6.07 Å². The molecular formula is C20H21F3N2O.